The minimum absolute atomic E-state index is 0.0359. The number of amides is 1. The zero-order valence-corrected chi connectivity index (χ0v) is 21.9. The molecule has 2 aliphatic rings. The number of aliphatic hydroxyl groups excluding tert-OH is 1. The smallest absolute Gasteiger partial charge is 0.269 e. The second-order valence-electron chi connectivity index (χ2n) is 8.34. The number of aliphatic imine (C=N–C) groups is 1. The Morgan fingerprint density at radius 2 is 1.91 bits per heavy atom. The molecule has 2 aromatic rings. The average Bonchev–Trinajstić information content (AvgIpc) is 3.33. The van der Waals surface area contributed by atoms with Crippen molar-refractivity contribution >= 4 is 51.7 Å². The highest BCUT2D eigenvalue weighted by Crippen LogP contribution is 2.50. The molecule has 0 spiro atoms. The molecule has 0 bridgehead atoms. The number of hydrogen-bond donors (Lipinski definition) is 1. The van der Waals surface area contributed by atoms with E-state index in [0.29, 0.717) is 13.1 Å². The SMILES string of the molecule is CCCCN1C(=O)/C(=C2/Sc3ccccc3N2C)SC1=Nc1ccc(N(CC)CCO)cc1C. The maximum Gasteiger partial charge on any atom is 0.269 e. The highest BCUT2D eigenvalue weighted by molar-refractivity contribution is 8.19. The van der Waals surface area contributed by atoms with Gasteiger partial charge in [-0.05, 0) is 67.9 Å². The lowest BCUT2D eigenvalue weighted by Gasteiger charge is -2.22. The number of thioether (sulfide) groups is 2. The molecule has 0 saturated carbocycles. The van der Waals surface area contributed by atoms with E-state index in [9.17, 15) is 9.90 Å². The molecule has 2 heterocycles. The van der Waals surface area contributed by atoms with Crippen LogP contribution in [0, 0.1) is 6.92 Å². The van der Waals surface area contributed by atoms with Crippen LogP contribution in [0.5, 0.6) is 0 Å². The van der Waals surface area contributed by atoms with Crippen molar-refractivity contribution in [3.8, 4) is 0 Å². The molecule has 4 rings (SSSR count). The highest BCUT2D eigenvalue weighted by Gasteiger charge is 2.38. The van der Waals surface area contributed by atoms with Gasteiger partial charge in [0.2, 0.25) is 0 Å². The van der Waals surface area contributed by atoms with Gasteiger partial charge in [-0.25, -0.2) is 4.99 Å². The van der Waals surface area contributed by atoms with Crippen LogP contribution in [-0.4, -0.2) is 54.4 Å². The van der Waals surface area contributed by atoms with Crippen LogP contribution in [0.2, 0.25) is 0 Å². The van der Waals surface area contributed by atoms with E-state index in [4.69, 9.17) is 4.99 Å². The lowest BCUT2D eigenvalue weighted by atomic mass is 10.1. The van der Waals surface area contributed by atoms with Crippen LogP contribution < -0.4 is 9.80 Å². The third-order valence-electron chi connectivity index (χ3n) is 6.04. The number of rotatable bonds is 8. The topological polar surface area (TPSA) is 59.4 Å². The molecule has 34 heavy (non-hydrogen) atoms. The van der Waals surface area contributed by atoms with E-state index >= 15 is 0 Å². The molecule has 0 aliphatic carbocycles. The van der Waals surface area contributed by atoms with E-state index in [1.807, 2.05) is 43.1 Å². The maximum absolute atomic E-state index is 13.5. The molecule has 1 N–H and O–H groups in total. The van der Waals surface area contributed by atoms with E-state index in [-0.39, 0.29) is 12.5 Å². The fourth-order valence-electron chi connectivity index (χ4n) is 4.09. The predicted molar refractivity (Wildman–Crippen MR) is 145 cm³/mol. The van der Waals surface area contributed by atoms with Crippen molar-refractivity contribution in [1.82, 2.24) is 4.90 Å². The lowest BCUT2D eigenvalue weighted by molar-refractivity contribution is -0.122. The summed E-state index contributed by atoms with van der Waals surface area (Å²) in [6.07, 6.45) is 1.95. The van der Waals surface area contributed by atoms with Gasteiger partial charge in [-0.1, -0.05) is 37.2 Å². The molecule has 0 aromatic heterocycles. The summed E-state index contributed by atoms with van der Waals surface area (Å²) in [4.78, 5) is 26.5. The Bertz CT molecular complexity index is 1130. The van der Waals surface area contributed by atoms with Crippen molar-refractivity contribution in [1.29, 1.82) is 0 Å². The van der Waals surface area contributed by atoms with Crippen molar-refractivity contribution in [2.45, 2.75) is 38.5 Å². The van der Waals surface area contributed by atoms with E-state index < -0.39 is 0 Å². The Hall–Kier alpha value is -2.42. The van der Waals surface area contributed by atoms with Crippen molar-refractivity contribution in [2.75, 3.05) is 43.1 Å². The molecule has 8 heteroatoms. The Kier molecular flexibility index (Phi) is 7.91. The molecule has 1 amide bonds. The van der Waals surface area contributed by atoms with Crippen LogP contribution in [0.1, 0.15) is 32.3 Å². The summed E-state index contributed by atoms with van der Waals surface area (Å²) < 4.78 is 0. The highest BCUT2D eigenvalue weighted by atomic mass is 32.2. The van der Waals surface area contributed by atoms with Gasteiger partial charge in [-0.2, -0.15) is 0 Å². The summed E-state index contributed by atoms with van der Waals surface area (Å²) in [5.74, 6) is 0.0359. The molecule has 180 valence electrons. The van der Waals surface area contributed by atoms with Gasteiger partial charge in [0.05, 0.1) is 23.0 Å². The standard InChI is InChI=1S/C26H32N4O2S2/c1-5-7-14-30-24(32)23(25-28(4)21-10-8-9-11-22(21)33-25)34-26(30)27-20-13-12-19(17-18(20)3)29(6-2)15-16-31/h8-13,17,31H,5-7,14-16H2,1-4H3/b25-23-,27-26?. The third kappa shape index (κ3) is 4.85. The number of aliphatic hydroxyl groups is 1. The molecular formula is C26H32N4O2S2. The number of unbranched alkanes of at least 4 members (excludes halogenated alkanes) is 1. The van der Waals surface area contributed by atoms with Crippen molar-refractivity contribution in [3.05, 3.63) is 58.0 Å². The lowest BCUT2D eigenvalue weighted by Crippen LogP contribution is -2.30. The fourth-order valence-corrected chi connectivity index (χ4v) is 6.45. The summed E-state index contributed by atoms with van der Waals surface area (Å²) in [7, 11) is 2.02. The van der Waals surface area contributed by atoms with Gasteiger partial charge in [0, 0.05) is 37.3 Å². The van der Waals surface area contributed by atoms with Gasteiger partial charge in [0.1, 0.15) is 4.91 Å². The molecule has 1 saturated heterocycles. The number of hydrogen-bond acceptors (Lipinski definition) is 7. The van der Waals surface area contributed by atoms with Gasteiger partial charge >= 0.3 is 0 Å². The average molecular weight is 497 g/mol. The van der Waals surface area contributed by atoms with E-state index in [2.05, 4.69) is 41.8 Å². The first kappa shape index (κ1) is 24.7. The molecule has 0 atom stereocenters. The van der Waals surface area contributed by atoms with Crippen molar-refractivity contribution in [2.24, 2.45) is 4.99 Å². The number of fused-ring (bicyclic) bond motifs is 1. The number of benzene rings is 2. The summed E-state index contributed by atoms with van der Waals surface area (Å²) >= 11 is 3.13. The van der Waals surface area contributed by atoms with Gasteiger partial charge in [0.25, 0.3) is 5.91 Å². The van der Waals surface area contributed by atoms with Crippen LogP contribution in [0.4, 0.5) is 17.1 Å². The van der Waals surface area contributed by atoms with Gasteiger partial charge in [-0.3, -0.25) is 9.69 Å². The monoisotopic (exact) mass is 496 g/mol. The van der Waals surface area contributed by atoms with Crippen LogP contribution >= 0.6 is 23.5 Å². The second kappa shape index (κ2) is 10.9. The van der Waals surface area contributed by atoms with Crippen LogP contribution in [0.15, 0.2) is 62.3 Å². The van der Waals surface area contributed by atoms with Crippen molar-refractivity contribution < 1.29 is 9.90 Å². The van der Waals surface area contributed by atoms with Gasteiger partial charge in [0.15, 0.2) is 5.17 Å². The van der Waals surface area contributed by atoms with Crippen LogP contribution in [0.25, 0.3) is 0 Å². The Morgan fingerprint density at radius 3 is 2.59 bits per heavy atom. The number of nitrogens with zero attached hydrogens (tertiary/aromatic N) is 4. The molecule has 2 aliphatic heterocycles. The molecule has 0 unspecified atom stereocenters. The van der Waals surface area contributed by atoms with E-state index in [0.717, 1.165) is 57.1 Å². The summed E-state index contributed by atoms with van der Waals surface area (Å²) in [6, 6.07) is 14.4. The molecular weight excluding hydrogens is 464 g/mol. The van der Waals surface area contributed by atoms with Crippen LogP contribution in [0.3, 0.4) is 0 Å². The largest absolute Gasteiger partial charge is 0.395 e. The van der Waals surface area contributed by atoms with Crippen molar-refractivity contribution in [3.63, 3.8) is 0 Å². The number of carbonyl (C=O) groups is 1. The first-order chi connectivity index (χ1) is 16.5. The zero-order chi connectivity index (χ0) is 24.2. The number of likely N-dealkylation sites (N-methyl/N-ethyl adjacent to an activating group) is 1. The van der Waals surface area contributed by atoms with E-state index in [1.54, 1.807) is 11.8 Å². The zero-order valence-electron chi connectivity index (χ0n) is 20.2. The number of carbonyl (C=O) groups excluding carboxylic acids is 1. The predicted octanol–water partition coefficient (Wildman–Crippen LogP) is 5.59. The minimum atomic E-state index is 0.0359. The molecule has 2 aromatic carbocycles. The first-order valence-electron chi connectivity index (χ1n) is 11.8. The maximum atomic E-state index is 13.5. The molecule has 1 fully saturated rings. The summed E-state index contributed by atoms with van der Waals surface area (Å²) in [5.41, 5.74) is 4.11. The Labute approximate surface area is 210 Å². The molecule has 6 nitrogen and oxygen atoms in total. The summed E-state index contributed by atoms with van der Waals surface area (Å²) in [6.45, 7) is 8.47. The summed E-state index contributed by atoms with van der Waals surface area (Å²) in [5, 5.41) is 11.1. The van der Waals surface area contributed by atoms with Gasteiger partial charge in [-0.15, -0.1) is 0 Å². The quantitative estimate of drug-likeness (QED) is 0.481. The number of para-hydroxylation sites is 1. The molecule has 0 radical (unpaired) electrons. The fraction of sp³-hybridized carbons (Fsp3) is 0.385. The van der Waals surface area contributed by atoms with E-state index in [1.165, 1.54) is 16.7 Å². The Morgan fingerprint density at radius 1 is 1.12 bits per heavy atom. The minimum Gasteiger partial charge on any atom is -0.395 e. The number of amidine groups is 1. The normalized spacial score (nSPS) is 18.9. The second-order valence-corrected chi connectivity index (χ2v) is 10.4. The van der Waals surface area contributed by atoms with Crippen LogP contribution in [-0.2, 0) is 4.79 Å². The third-order valence-corrected chi connectivity index (χ3v) is 8.48. The number of aryl methyl sites for hydroxylation is 1. The first-order valence-corrected chi connectivity index (χ1v) is 13.4. The Balaban J connectivity index is 1.68. The van der Waals surface area contributed by atoms with Gasteiger partial charge < -0.3 is 14.9 Å². The number of anilines is 2.